The lowest BCUT2D eigenvalue weighted by Gasteiger charge is -2.30. The van der Waals surface area contributed by atoms with Crippen molar-refractivity contribution in [2.24, 2.45) is 5.28 Å². The quantitative estimate of drug-likeness (QED) is 0.368. The molecule has 0 spiro atoms. The predicted molar refractivity (Wildman–Crippen MR) is 106 cm³/mol. The van der Waals surface area contributed by atoms with Gasteiger partial charge in [-0.05, 0) is 31.2 Å². The Balaban J connectivity index is 1.66. The molecule has 0 bridgehead atoms. The number of aryl methyl sites for hydroxylation is 1. The van der Waals surface area contributed by atoms with Gasteiger partial charge in [0.15, 0.2) is 0 Å². The molecule has 0 amide bonds. The topological polar surface area (TPSA) is 121 Å². The van der Waals surface area contributed by atoms with Crippen LogP contribution in [0.1, 0.15) is 25.3 Å². The van der Waals surface area contributed by atoms with Crippen LogP contribution < -0.4 is 5.11 Å². The van der Waals surface area contributed by atoms with Gasteiger partial charge >= 0.3 is 11.6 Å². The highest BCUT2D eigenvalue weighted by Crippen LogP contribution is 2.21. The molecule has 0 atom stereocenters. The second-order valence-electron chi connectivity index (χ2n) is 7.14. The van der Waals surface area contributed by atoms with Crippen LogP contribution in [-0.2, 0) is 19.6 Å². The standard InChI is InChI=1S/C19H27N5O5S/c1-3-4-13-28-14-17(25)18-19(20)29-21-24(18)22-9-11-23(12-10-22)30(26,27)16-7-5-15(2)6-8-16/h5-8H,3-4,9-14H2,1-2H3,(H-,20,21,25). The van der Waals surface area contributed by atoms with Gasteiger partial charge in [-0.2, -0.15) is 9.31 Å². The molecular formula is C19H27N5O5S. The lowest BCUT2D eigenvalue weighted by Crippen LogP contribution is -2.51. The summed E-state index contributed by atoms with van der Waals surface area (Å²) < 4.78 is 32.5. The molecule has 1 aromatic carbocycles. The first-order valence-corrected chi connectivity index (χ1v) is 11.3. The van der Waals surface area contributed by atoms with E-state index >= 15 is 0 Å². The van der Waals surface area contributed by atoms with E-state index in [0.29, 0.717) is 19.7 Å². The van der Waals surface area contributed by atoms with Gasteiger partial charge in [0.25, 0.3) is 0 Å². The Morgan fingerprint density at radius 3 is 2.57 bits per heavy atom. The molecule has 0 unspecified atom stereocenters. The maximum absolute atomic E-state index is 12.9. The van der Waals surface area contributed by atoms with Crippen LogP contribution in [0.15, 0.2) is 45.9 Å². The largest absolute Gasteiger partial charge is 0.869 e. The molecule has 0 radical (unpaired) electrons. The molecule has 0 saturated carbocycles. The van der Waals surface area contributed by atoms with Gasteiger partial charge in [0.2, 0.25) is 15.3 Å². The van der Waals surface area contributed by atoms with Crippen molar-refractivity contribution >= 4 is 15.9 Å². The van der Waals surface area contributed by atoms with Crippen LogP contribution >= 0.6 is 0 Å². The first-order valence-electron chi connectivity index (χ1n) is 9.91. The summed E-state index contributed by atoms with van der Waals surface area (Å²) in [6.45, 7) is 5.30. The lowest BCUT2D eigenvalue weighted by atomic mass is 10.2. The van der Waals surface area contributed by atoms with E-state index in [1.165, 1.54) is 9.11 Å². The van der Waals surface area contributed by atoms with Crippen molar-refractivity contribution < 1.29 is 27.9 Å². The Labute approximate surface area is 176 Å². The van der Waals surface area contributed by atoms with Gasteiger partial charge in [-0.15, -0.1) is 0 Å². The molecule has 11 heteroatoms. The van der Waals surface area contributed by atoms with Crippen LogP contribution in [0.4, 0.5) is 0 Å². The van der Waals surface area contributed by atoms with Crippen molar-refractivity contribution in [1.82, 2.24) is 9.31 Å². The summed E-state index contributed by atoms with van der Waals surface area (Å²) in [5.74, 6) is -0.735. The van der Waals surface area contributed by atoms with Gasteiger partial charge in [-0.1, -0.05) is 31.0 Å². The van der Waals surface area contributed by atoms with Gasteiger partial charge in [-0.25, -0.2) is 8.42 Å². The molecule has 0 aromatic heterocycles. The molecule has 164 valence electrons. The van der Waals surface area contributed by atoms with E-state index in [-0.39, 0.29) is 36.2 Å². The third-order valence-electron chi connectivity index (χ3n) is 4.91. The summed E-state index contributed by atoms with van der Waals surface area (Å²) in [4.78, 5) is 6.41. The summed E-state index contributed by atoms with van der Waals surface area (Å²) in [6, 6.07) is 6.74. The van der Waals surface area contributed by atoms with Gasteiger partial charge in [0.1, 0.15) is 0 Å². The highest BCUT2D eigenvalue weighted by molar-refractivity contribution is 7.89. The normalized spacial score (nSPS) is 19.6. The number of nitrogens with zero attached hydrogens (tertiary/aromatic N) is 4. The fraction of sp³-hybridized carbons (Fsp3) is 0.526. The Bertz CT molecular complexity index is 935. The number of sulfonamides is 1. The molecule has 3 rings (SSSR count). The van der Waals surface area contributed by atoms with Crippen molar-refractivity contribution in [2.45, 2.75) is 31.6 Å². The minimum Gasteiger partial charge on any atom is -0.869 e. The molecular weight excluding hydrogens is 410 g/mol. The van der Waals surface area contributed by atoms with Crippen LogP contribution in [0.25, 0.3) is 0 Å². The third kappa shape index (κ3) is 4.79. The number of benzene rings is 1. The SMILES string of the molecule is CCCCOCC([O-])=C1C(=N)ON=[N+]1N1CCN(S(=O)(=O)c2ccc(C)cc2)CC1. The van der Waals surface area contributed by atoms with E-state index in [1.807, 2.05) is 13.8 Å². The smallest absolute Gasteiger partial charge is 0.324 e. The number of unbranched alkanes of at least 4 members (excludes halogenated alkanes) is 1. The average Bonchev–Trinajstić information content (AvgIpc) is 3.13. The number of hydrogen-bond donors (Lipinski definition) is 1. The summed E-state index contributed by atoms with van der Waals surface area (Å²) >= 11 is 0. The Kier molecular flexibility index (Phi) is 7.06. The van der Waals surface area contributed by atoms with Crippen molar-refractivity contribution in [3.05, 3.63) is 41.3 Å². The van der Waals surface area contributed by atoms with E-state index < -0.39 is 15.8 Å². The highest BCUT2D eigenvalue weighted by atomic mass is 32.2. The van der Waals surface area contributed by atoms with Crippen LogP contribution in [0.2, 0.25) is 0 Å². The van der Waals surface area contributed by atoms with E-state index in [2.05, 4.69) is 5.28 Å². The number of piperazine rings is 1. The van der Waals surface area contributed by atoms with E-state index in [9.17, 15) is 13.5 Å². The molecule has 1 saturated heterocycles. The Hall–Kier alpha value is -2.50. The fourth-order valence-electron chi connectivity index (χ4n) is 3.13. The summed E-state index contributed by atoms with van der Waals surface area (Å²) in [5.41, 5.74) is 0.990. The van der Waals surface area contributed by atoms with Crippen LogP contribution in [-0.4, -0.2) is 67.8 Å². The van der Waals surface area contributed by atoms with Gasteiger partial charge in [0.05, 0.1) is 29.4 Å². The molecule has 1 aromatic rings. The zero-order valence-corrected chi connectivity index (χ0v) is 18.0. The number of ether oxygens (including phenoxy) is 1. The molecule has 2 aliphatic rings. The van der Waals surface area contributed by atoms with Crippen molar-refractivity contribution in [2.75, 3.05) is 39.4 Å². The second-order valence-corrected chi connectivity index (χ2v) is 9.08. The maximum Gasteiger partial charge on any atom is 0.324 e. The Morgan fingerprint density at radius 1 is 1.27 bits per heavy atom. The minimum atomic E-state index is -3.59. The first-order chi connectivity index (χ1) is 14.3. The summed E-state index contributed by atoms with van der Waals surface area (Å²) in [6.07, 6.45) is 1.81. The zero-order chi connectivity index (χ0) is 21.7. The number of nitrogens with one attached hydrogen (secondary N) is 1. The minimum absolute atomic E-state index is 0.00124. The van der Waals surface area contributed by atoms with Crippen molar-refractivity contribution in [1.29, 1.82) is 5.41 Å². The van der Waals surface area contributed by atoms with Gasteiger partial charge in [0, 0.05) is 19.7 Å². The lowest BCUT2D eigenvalue weighted by molar-refractivity contribution is -0.709. The molecule has 1 fully saturated rings. The molecule has 10 nitrogen and oxygen atoms in total. The molecule has 1 N–H and O–H groups in total. The predicted octanol–water partition coefficient (Wildman–Crippen LogP) is 0.992. The molecule has 30 heavy (non-hydrogen) atoms. The highest BCUT2D eigenvalue weighted by Gasteiger charge is 2.40. The Morgan fingerprint density at radius 2 is 1.93 bits per heavy atom. The van der Waals surface area contributed by atoms with Crippen LogP contribution in [0.5, 0.6) is 0 Å². The summed E-state index contributed by atoms with van der Waals surface area (Å²) in [7, 11) is -3.59. The third-order valence-corrected chi connectivity index (χ3v) is 6.82. The van der Waals surface area contributed by atoms with Crippen molar-refractivity contribution in [3.8, 4) is 0 Å². The van der Waals surface area contributed by atoms with Crippen LogP contribution in [0, 0.1) is 12.3 Å². The summed E-state index contributed by atoms with van der Waals surface area (Å²) in [5, 5.41) is 25.8. The zero-order valence-electron chi connectivity index (χ0n) is 17.2. The number of hydrazine groups is 1. The van der Waals surface area contributed by atoms with Gasteiger partial charge in [-0.3, -0.25) is 10.2 Å². The molecule has 0 aliphatic carbocycles. The van der Waals surface area contributed by atoms with E-state index in [1.54, 1.807) is 29.3 Å². The number of rotatable bonds is 8. The number of hydrogen-bond acceptors (Lipinski definition) is 8. The maximum atomic E-state index is 12.9. The monoisotopic (exact) mass is 437 g/mol. The average molecular weight is 438 g/mol. The van der Waals surface area contributed by atoms with E-state index in [4.69, 9.17) is 15.0 Å². The van der Waals surface area contributed by atoms with E-state index in [0.717, 1.165) is 18.4 Å². The first kappa shape index (κ1) is 22.2. The second kappa shape index (κ2) is 9.54. The van der Waals surface area contributed by atoms with Gasteiger partial charge < -0.3 is 9.84 Å². The molecule has 2 heterocycles. The van der Waals surface area contributed by atoms with Crippen LogP contribution in [0.3, 0.4) is 0 Å². The van der Waals surface area contributed by atoms with Crippen molar-refractivity contribution in [3.63, 3.8) is 0 Å². The fourth-order valence-corrected chi connectivity index (χ4v) is 4.55. The molecule has 2 aliphatic heterocycles.